The number of unbranched alkanes of at least 4 members (excludes halogenated alkanes) is 6. The van der Waals surface area contributed by atoms with Crippen molar-refractivity contribution in [1.29, 1.82) is 0 Å². The summed E-state index contributed by atoms with van der Waals surface area (Å²) in [6, 6.07) is 0. The first kappa shape index (κ1) is 21.1. The number of carbonyl (C=O) groups excluding carboxylic acids is 1. The summed E-state index contributed by atoms with van der Waals surface area (Å²) in [6.07, 6.45) is 9.76. The third-order valence-corrected chi connectivity index (χ3v) is 4.37. The van der Waals surface area contributed by atoms with Gasteiger partial charge in [0.1, 0.15) is 6.20 Å². The van der Waals surface area contributed by atoms with Crippen LogP contribution in [0.25, 0.3) is 0 Å². The molecular weight excluding hydrogens is 320 g/mol. The molecule has 1 rings (SSSR count). The van der Waals surface area contributed by atoms with E-state index >= 15 is 0 Å². The summed E-state index contributed by atoms with van der Waals surface area (Å²) in [5, 5.41) is 15.3. The highest BCUT2D eigenvalue weighted by Crippen LogP contribution is 2.21. The molecule has 0 aromatic carbocycles. The van der Waals surface area contributed by atoms with Crippen molar-refractivity contribution >= 4 is 11.6 Å². The van der Waals surface area contributed by atoms with Crippen LogP contribution in [0.15, 0.2) is 6.20 Å². The molecule has 0 aliphatic rings. The van der Waals surface area contributed by atoms with Gasteiger partial charge < -0.3 is 4.90 Å². The van der Waals surface area contributed by atoms with E-state index < -0.39 is 4.92 Å². The van der Waals surface area contributed by atoms with Crippen molar-refractivity contribution in [2.45, 2.75) is 78.7 Å². The second-order valence-electron chi connectivity index (χ2n) is 6.36. The smallest absolute Gasteiger partial charge is 0.320 e. The molecule has 1 heterocycles. The first-order valence-corrected chi connectivity index (χ1v) is 9.56. The Morgan fingerprint density at radius 2 is 1.64 bits per heavy atom. The minimum Gasteiger partial charge on any atom is -0.337 e. The van der Waals surface area contributed by atoms with E-state index in [-0.39, 0.29) is 17.3 Å². The van der Waals surface area contributed by atoms with Crippen LogP contribution in [0.4, 0.5) is 5.69 Å². The number of nitrogens with zero attached hydrogens (tertiary/aromatic N) is 4. The zero-order valence-electron chi connectivity index (χ0n) is 15.9. The SMILES string of the molecule is CCCCCCN(CCCCCC)C(=O)c1c([N+](=O)[O-])cnn1CC. The summed E-state index contributed by atoms with van der Waals surface area (Å²) in [4.78, 5) is 25.5. The molecule has 0 bridgehead atoms. The first-order chi connectivity index (χ1) is 12.1. The summed E-state index contributed by atoms with van der Waals surface area (Å²) in [6.45, 7) is 7.87. The van der Waals surface area contributed by atoms with Gasteiger partial charge in [-0.2, -0.15) is 5.10 Å². The van der Waals surface area contributed by atoms with Gasteiger partial charge >= 0.3 is 5.69 Å². The van der Waals surface area contributed by atoms with Crippen molar-refractivity contribution in [3.05, 3.63) is 22.0 Å². The summed E-state index contributed by atoms with van der Waals surface area (Å²) in [5.41, 5.74) is -0.0857. The molecule has 1 amide bonds. The lowest BCUT2D eigenvalue weighted by molar-refractivity contribution is -0.385. The number of hydrogen-bond acceptors (Lipinski definition) is 4. The molecular formula is C18H32N4O3. The average molecular weight is 352 g/mol. The number of hydrogen-bond donors (Lipinski definition) is 0. The molecule has 0 unspecified atom stereocenters. The Balaban J connectivity index is 2.89. The number of rotatable bonds is 13. The fraction of sp³-hybridized carbons (Fsp3) is 0.778. The largest absolute Gasteiger partial charge is 0.337 e. The molecule has 1 aromatic heterocycles. The Morgan fingerprint density at radius 3 is 2.08 bits per heavy atom. The molecule has 0 spiro atoms. The molecule has 0 aliphatic carbocycles. The highest BCUT2D eigenvalue weighted by molar-refractivity contribution is 5.96. The molecule has 7 heteroatoms. The van der Waals surface area contributed by atoms with Gasteiger partial charge in [0.25, 0.3) is 5.91 Å². The second-order valence-corrected chi connectivity index (χ2v) is 6.36. The van der Waals surface area contributed by atoms with E-state index in [1.54, 1.807) is 4.90 Å². The van der Waals surface area contributed by atoms with Crippen molar-refractivity contribution in [3.8, 4) is 0 Å². The lowest BCUT2D eigenvalue weighted by Crippen LogP contribution is -2.35. The number of carbonyl (C=O) groups is 1. The van der Waals surface area contributed by atoms with E-state index in [2.05, 4.69) is 18.9 Å². The predicted molar refractivity (Wildman–Crippen MR) is 98.7 cm³/mol. The van der Waals surface area contributed by atoms with Gasteiger partial charge in [-0.3, -0.25) is 19.6 Å². The normalized spacial score (nSPS) is 10.8. The minimum atomic E-state index is -0.515. The Bertz CT molecular complexity index is 530. The summed E-state index contributed by atoms with van der Waals surface area (Å²) in [5.74, 6) is -0.265. The van der Waals surface area contributed by atoms with E-state index in [0.717, 1.165) is 51.4 Å². The number of nitro groups is 1. The highest BCUT2D eigenvalue weighted by Gasteiger charge is 2.29. The van der Waals surface area contributed by atoms with Crippen molar-refractivity contribution < 1.29 is 9.72 Å². The molecule has 7 nitrogen and oxygen atoms in total. The Hall–Kier alpha value is -1.92. The standard InChI is InChI=1S/C18H32N4O3/c1-4-7-9-11-13-20(14-12-10-8-5-2)18(23)17-16(22(24)25)15-19-21(17)6-3/h15H,4-14H2,1-3H3. The number of amides is 1. The predicted octanol–water partition coefficient (Wildman–Crippen LogP) is 4.41. The third-order valence-electron chi connectivity index (χ3n) is 4.37. The zero-order chi connectivity index (χ0) is 18.7. The molecule has 0 saturated carbocycles. The first-order valence-electron chi connectivity index (χ1n) is 9.56. The fourth-order valence-corrected chi connectivity index (χ4v) is 2.89. The van der Waals surface area contributed by atoms with Gasteiger partial charge in [-0.05, 0) is 19.8 Å². The van der Waals surface area contributed by atoms with Gasteiger partial charge in [-0.25, -0.2) is 0 Å². The van der Waals surface area contributed by atoms with E-state index in [4.69, 9.17) is 0 Å². The van der Waals surface area contributed by atoms with Crippen LogP contribution in [0.3, 0.4) is 0 Å². The van der Waals surface area contributed by atoms with Crippen LogP contribution in [0.2, 0.25) is 0 Å². The quantitative estimate of drug-likeness (QED) is 0.299. The molecule has 0 radical (unpaired) electrons. The van der Waals surface area contributed by atoms with E-state index in [1.165, 1.54) is 10.9 Å². The van der Waals surface area contributed by atoms with Gasteiger partial charge in [0.15, 0.2) is 0 Å². The van der Waals surface area contributed by atoms with Crippen LogP contribution < -0.4 is 0 Å². The molecule has 0 N–H and O–H groups in total. The van der Waals surface area contributed by atoms with Crippen LogP contribution >= 0.6 is 0 Å². The van der Waals surface area contributed by atoms with E-state index in [0.29, 0.717) is 19.6 Å². The number of aryl methyl sites for hydroxylation is 1. The molecule has 0 fully saturated rings. The van der Waals surface area contributed by atoms with Gasteiger partial charge in [0, 0.05) is 19.6 Å². The summed E-state index contributed by atoms with van der Waals surface area (Å²) < 4.78 is 1.44. The van der Waals surface area contributed by atoms with Gasteiger partial charge in [0.05, 0.1) is 4.92 Å². The van der Waals surface area contributed by atoms with Crippen molar-refractivity contribution in [3.63, 3.8) is 0 Å². The lowest BCUT2D eigenvalue weighted by atomic mass is 10.1. The Labute approximate surface area is 150 Å². The van der Waals surface area contributed by atoms with Gasteiger partial charge in [-0.1, -0.05) is 52.4 Å². The van der Waals surface area contributed by atoms with Crippen LogP contribution in [0, 0.1) is 10.1 Å². The van der Waals surface area contributed by atoms with Gasteiger partial charge in [-0.15, -0.1) is 0 Å². The zero-order valence-corrected chi connectivity index (χ0v) is 15.9. The topological polar surface area (TPSA) is 81.3 Å². The molecule has 142 valence electrons. The second kappa shape index (κ2) is 11.6. The van der Waals surface area contributed by atoms with Crippen LogP contribution in [-0.2, 0) is 6.54 Å². The van der Waals surface area contributed by atoms with Crippen LogP contribution in [-0.4, -0.2) is 38.6 Å². The fourth-order valence-electron chi connectivity index (χ4n) is 2.89. The average Bonchev–Trinajstić information content (AvgIpc) is 3.04. The minimum absolute atomic E-state index is 0.110. The van der Waals surface area contributed by atoms with Crippen LogP contribution in [0.5, 0.6) is 0 Å². The highest BCUT2D eigenvalue weighted by atomic mass is 16.6. The van der Waals surface area contributed by atoms with Gasteiger partial charge in [0.2, 0.25) is 5.69 Å². The third kappa shape index (κ3) is 6.48. The monoisotopic (exact) mass is 352 g/mol. The van der Waals surface area contributed by atoms with Crippen molar-refractivity contribution in [2.75, 3.05) is 13.1 Å². The molecule has 0 aliphatic heterocycles. The van der Waals surface area contributed by atoms with E-state index in [9.17, 15) is 14.9 Å². The molecule has 0 atom stereocenters. The van der Waals surface area contributed by atoms with E-state index in [1.807, 2.05) is 6.92 Å². The molecule has 0 saturated heterocycles. The van der Waals surface area contributed by atoms with Crippen molar-refractivity contribution in [1.82, 2.24) is 14.7 Å². The molecule has 25 heavy (non-hydrogen) atoms. The van der Waals surface area contributed by atoms with Crippen LogP contribution in [0.1, 0.15) is 82.6 Å². The maximum Gasteiger partial charge on any atom is 0.320 e. The maximum atomic E-state index is 13.0. The summed E-state index contributed by atoms with van der Waals surface area (Å²) in [7, 11) is 0. The number of aromatic nitrogens is 2. The maximum absolute atomic E-state index is 13.0. The summed E-state index contributed by atoms with van der Waals surface area (Å²) >= 11 is 0. The molecule has 1 aromatic rings. The lowest BCUT2D eigenvalue weighted by Gasteiger charge is -2.23. The Morgan fingerprint density at radius 1 is 1.08 bits per heavy atom. The Kier molecular flexibility index (Phi) is 9.80. The van der Waals surface area contributed by atoms with Crippen molar-refractivity contribution in [2.24, 2.45) is 0 Å².